The molecule has 0 bridgehead atoms. The van der Waals surface area contributed by atoms with E-state index in [0.717, 1.165) is 52.3 Å². The van der Waals surface area contributed by atoms with Crippen molar-refractivity contribution in [1.82, 2.24) is 14.3 Å². The maximum atomic E-state index is 14.1. The van der Waals surface area contributed by atoms with Crippen LogP contribution in [0.4, 0.5) is 5.69 Å². The summed E-state index contributed by atoms with van der Waals surface area (Å²) in [6, 6.07) is 23.0. The second-order valence-electron chi connectivity index (χ2n) is 12.0. The van der Waals surface area contributed by atoms with E-state index >= 15 is 0 Å². The number of benzene rings is 3. The van der Waals surface area contributed by atoms with Crippen LogP contribution in [0.5, 0.6) is 0 Å². The summed E-state index contributed by atoms with van der Waals surface area (Å²) < 4.78 is 32.0. The van der Waals surface area contributed by atoms with Gasteiger partial charge in [-0.3, -0.25) is 4.79 Å². The van der Waals surface area contributed by atoms with E-state index in [1.54, 1.807) is 18.2 Å². The molecule has 1 heterocycles. The lowest BCUT2D eigenvalue weighted by Gasteiger charge is -2.30. The zero-order chi connectivity index (χ0) is 30.7. The first-order valence-electron chi connectivity index (χ1n) is 15.1. The highest BCUT2D eigenvalue weighted by molar-refractivity contribution is 7.89. The van der Waals surface area contributed by atoms with Gasteiger partial charge in [0.25, 0.3) is 0 Å². The SMILES string of the molecule is Cc1cccc(S(=O)(=O)N[C@H]2CCCc3ccc(N(Cc4cnc(C)n4C(C)C)C(=O)C[C@@H](C)c4ccccc4)cc32)c1. The number of sulfonamides is 1. The summed E-state index contributed by atoms with van der Waals surface area (Å²) in [6.07, 6.45) is 4.65. The van der Waals surface area contributed by atoms with E-state index in [1.807, 2.05) is 61.3 Å². The molecule has 0 aliphatic heterocycles. The highest BCUT2D eigenvalue weighted by Crippen LogP contribution is 2.35. The summed E-state index contributed by atoms with van der Waals surface area (Å²) in [5.74, 6) is 0.962. The van der Waals surface area contributed by atoms with Crippen molar-refractivity contribution in [3.8, 4) is 0 Å². The maximum absolute atomic E-state index is 14.1. The number of nitrogens with one attached hydrogen (secondary N) is 1. The molecule has 0 radical (unpaired) electrons. The lowest BCUT2D eigenvalue weighted by molar-refractivity contribution is -0.119. The average Bonchev–Trinajstić information content (AvgIpc) is 3.36. The summed E-state index contributed by atoms with van der Waals surface area (Å²) in [4.78, 5) is 20.8. The summed E-state index contributed by atoms with van der Waals surface area (Å²) >= 11 is 0. The predicted octanol–water partition coefficient (Wildman–Crippen LogP) is 7.16. The minimum atomic E-state index is -3.72. The van der Waals surface area contributed by atoms with Crippen molar-refractivity contribution in [2.45, 2.75) is 89.7 Å². The van der Waals surface area contributed by atoms with E-state index < -0.39 is 10.0 Å². The molecular weight excluding hydrogens is 556 g/mol. The molecule has 0 unspecified atom stereocenters. The number of amides is 1. The molecule has 1 aliphatic carbocycles. The van der Waals surface area contributed by atoms with Crippen LogP contribution in [-0.2, 0) is 27.8 Å². The monoisotopic (exact) mass is 598 g/mol. The van der Waals surface area contributed by atoms with E-state index in [1.165, 1.54) is 0 Å². The molecule has 7 nitrogen and oxygen atoms in total. The molecule has 5 rings (SSSR count). The number of aryl methyl sites for hydroxylation is 3. The minimum absolute atomic E-state index is 0.0122. The Bertz CT molecular complexity index is 1700. The number of nitrogens with zero attached hydrogens (tertiary/aromatic N) is 3. The van der Waals surface area contributed by atoms with Crippen molar-refractivity contribution in [3.63, 3.8) is 0 Å². The fourth-order valence-corrected chi connectivity index (χ4v) is 7.55. The summed E-state index contributed by atoms with van der Waals surface area (Å²) in [5.41, 5.74) is 5.78. The second kappa shape index (κ2) is 12.9. The van der Waals surface area contributed by atoms with E-state index in [0.29, 0.717) is 19.4 Å². The average molecular weight is 599 g/mol. The number of imidazole rings is 1. The largest absolute Gasteiger partial charge is 0.328 e. The molecule has 0 saturated carbocycles. The van der Waals surface area contributed by atoms with Crippen LogP contribution >= 0.6 is 0 Å². The van der Waals surface area contributed by atoms with Crippen molar-refractivity contribution in [2.24, 2.45) is 0 Å². The number of rotatable bonds is 10. The fraction of sp³-hybridized carbons (Fsp3) is 0.371. The normalized spacial score (nSPS) is 15.7. The molecule has 1 amide bonds. The second-order valence-corrected chi connectivity index (χ2v) is 13.7. The molecular formula is C35H42N4O3S. The predicted molar refractivity (Wildman–Crippen MR) is 172 cm³/mol. The van der Waals surface area contributed by atoms with Crippen molar-refractivity contribution in [1.29, 1.82) is 0 Å². The number of aromatic nitrogens is 2. The summed E-state index contributed by atoms with van der Waals surface area (Å²) in [7, 11) is -3.72. The number of anilines is 1. The quantitative estimate of drug-likeness (QED) is 0.210. The Morgan fingerprint density at radius 1 is 1.02 bits per heavy atom. The first-order valence-corrected chi connectivity index (χ1v) is 16.6. The number of carbonyl (C=O) groups excluding carboxylic acids is 1. The number of carbonyl (C=O) groups is 1. The van der Waals surface area contributed by atoms with Crippen LogP contribution < -0.4 is 9.62 Å². The standard InChI is InChI=1S/C35H42N4O3S/c1-24(2)39-27(5)36-22-31(39)23-38(35(40)20-26(4)28-12-7-6-8-13-28)30-18-17-29-14-10-16-34(33(29)21-30)37-43(41,42)32-15-9-11-25(3)19-32/h6-9,11-13,15,17-19,21-22,24,26,34,37H,10,14,16,20,23H2,1-5H3/t26-,34+/m1/s1. The van der Waals surface area contributed by atoms with Crippen LogP contribution in [0.3, 0.4) is 0 Å². The molecule has 1 aliphatic rings. The number of hydrogen-bond donors (Lipinski definition) is 1. The molecule has 2 atom stereocenters. The zero-order valence-electron chi connectivity index (χ0n) is 25.7. The number of hydrogen-bond acceptors (Lipinski definition) is 4. The molecule has 4 aromatic rings. The third-order valence-electron chi connectivity index (χ3n) is 8.40. The Kier molecular flexibility index (Phi) is 9.18. The highest BCUT2D eigenvalue weighted by Gasteiger charge is 2.28. The van der Waals surface area contributed by atoms with E-state index in [2.05, 4.69) is 53.2 Å². The van der Waals surface area contributed by atoms with Gasteiger partial charge < -0.3 is 9.47 Å². The molecule has 8 heteroatoms. The molecule has 43 heavy (non-hydrogen) atoms. The van der Waals surface area contributed by atoms with Crippen LogP contribution in [0.2, 0.25) is 0 Å². The van der Waals surface area contributed by atoms with Gasteiger partial charge in [-0.2, -0.15) is 0 Å². The van der Waals surface area contributed by atoms with Gasteiger partial charge in [0.15, 0.2) is 0 Å². The Hall–Kier alpha value is -3.75. The van der Waals surface area contributed by atoms with Gasteiger partial charge in [-0.05, 0) is 99.4 Å². The molecule has 0 spiro atoms. The van der Waals surface area contributed by atoms with Crippen LogP contribution in [0, 0.1) is 13.8 Å². The molecule has 226 valence electrons. The van der Waals surface area contributed by atoms with Crippen molar-refractivity contribution in [2.75, 3.05) is 4.90 Å². The van der Waals surface area contributed by atoms with Crippen molar-refractivity contribution >= 4 is 21.6 Å². The smallest absolute Gasteiger partial charge is 0.241 e. The van der Waals surface area contributed by atoms with E-state index in [-0.39, 0.29) is 28.8 Å². The van der Waals surface area contributed by atoms with Gasteiger partial charge in [-0.15, -0.1) is 0 Å². The van der Waals surface area contributed by atoms with Crippen molar-refractivity contribution in [3.05, 3.63) is 113 Å². The summed E-state index contributed by atoms with van der Waals surface area (Å²) in [6.45, 7) is 10.6. The molecule has 1 aromatic heterocycles. The fourth-order valence-electron chi connectivity index (χ4n) is 6.19. The van der Waals surface area contributed by atoms with Crippen LogP contribution in [0.1, 0.15) is 91.8 Å². The van der Waals surface area contributed by atoms with Gasteiger partial charge in [-0.1, -0.05) is 55.5 Å². The van der Waals surface area contributed by atoms with E-state index in [9.17, 15) is 13.2 Å². The molecule has 0 fully saturated rings. The van der Waals surface area contributed by atoms with E-state index in [4.69, 9.17) is 0 Å². The zero-order valence-corrected chi connectivity index (χ0v) is 26.6. The van der Waals surface area contributed by atoms with Gasteiger partial charge in [0.2, 0.25) is 15.9 Å². The van der Waals surface area contributed by atoms with Crippen LogP contribution in [0.15, 0.2) is 83.9 Å². The van der Waals surface area contributed by atoms with Gasteiger partial charge in [0.1, 0.15) is 5.82 Å². The molecule has 1 N–H and O–H groups in total. The third-order valence-corrected chi connectivity index (χ3v) is 9.87. The molecule has 0 saturated heterocycles. The van der Waals surface area contributed by atoms with Crippen LogP contribution in [-0.4, -0.2) is 23.9 Å². The lowest BCUT2D eigenvalue weighted by atomic mass is 9.87. The van der Waals surface area contributed by atoms with Crippen LogP contribution in [0.25, 0.3) is 0 Å². The highest BCUT2D eigenvalue weighted by atomic mass is 32.2. The first-order chi connectivity index (χ1) is 20.5. The Morgan fingerprint density at radius 3 is 2.51 bits per heavy atom. The molecule has 3 aromatic carbocycles. The van der Waals surface area contributed by atoms with Gasteiger partial charge in [0, 0.05) is 24.2 Å². The van der Waals surface area contributed by atoms with Crippen molar-refractivity contribution < 1.29 is 13.2 Å². The van der Waals surface area contributed by atoms with Gasteiger partial charge in [-0.25, -0.2) is 18.1 Å². The maximum Gasteiger partial charge on any atom is 0.241 e. The van der Waals surface area contributed by atoms with Gasteiger partial charge in [0.05, 0.1) is 23.3 Å². The Balaban J connectivity index is 1.50. The topological polar surface area (TPSA) is 84.3 Å². The first kappa shape index (κ1) is 30.7. The number of fused-ring (bicyclic) bond motifs is 1. The lowest BCUT2D eigenvalue weighted by Crippen LogP contribution is -2.34. The summed E-state index contributed by atoms with van der Waals surface area (Å²) in [5, 5.41) is 0. The third kappa shape index (κ3) is 6.92. The van der Waals surface area contributed by atoms with Gasteiger partial charge >= 0.3 is 0 Å². The minimum Gasteiger partial charge on any atom is -0.328 e. The Morgan fingerprint density at radius 2 is 1.79 bits per heavy atom. The Labute approximate surface area is 256 Å².